The Bertz CT molecular complexity index is 810. The molecule has 28 heavy (non-hydrogen) atoms. The first-order valence-electron chi connectivity index (χ1n) is 10.1. The van der Waals surface area contributed by atoms with Crippen molar-refractivity contribution in [2.45, 2.75) is 56.0 Å². The first-order valence-corrected chi connectivity index (χ1v) is 10.1. The summed E-state index contributed by atoms with van der Waals surface area (Å²) in [4.78, 5) is 13.0. The van der Waals surface area contributed by atoms with E-state index in [9.17, 15) is 23.1 Å². The van der Waals surface area contributed by atoms with E-state index < -0.39 is 23.4 Å². The Balaban J connectivity index is 1.43. The maximum Gasteiger partial charge on any atom is 0.417 e. The molecular formula is C21H26F3N2O2+. The summed E-state index contributed by atoms with van der Waals surface area (Å²) >= 11 is 0. The van der Waals surface area contributed by atoms with Crippen molar-refractivity contribution < 1.29 is 27.6 Å². The average molecular weight is 395 g/mol. The monoisotopic (exact) mass is 395 g/mol. The number of hydrogen-bond acceptors (Lipinski definition) is 2. The Morgan fingerprint density at radius 1 is 1.18 bits per heavy atom. The summed E-state index contributed by atoms with van der Waals surface area (Å²) in [5.74, 6) is 1.18. The number of amides is 2. The molecule has 1 aromatic carbocycles. The van der Waals surface area contributed by atoms with Crippen molar-refractivity contribution in [2.24, 2.45) is 17.8 Å². The van der Waals surface area contributed by atoms with Gasteiger partial charge < -0.3 is 5.11 Å². The van der Waals surface area contributed by atoms with Crippen molar-refractivity contribution in [1.82, 2.24) is 5.32 Å². The predicted molar refractivity (Wildman–Crippen MR) is 96.1 cm³/mol. The van der Waals surface area contributed by atoms with Crippen LogP contribution in [0.3, 0.4) is 0 Å². The summed E-state index contributed by atoms with van der Waals surface area (Å²) in [7, 11) is 1.93. The van der Waals surface area contributed by atoms with Crippen LogP contribution in [-0.4, -0.2) is 40.9 Å². The van der Waals surface area contributed by atoms with Gasteiger partial charge in [0, 0.05) is 11.8 Å². The van der Waals surface area contributed by atoms with E-state index >= 15 is 0 Å². The fraction of sp³-hybridized carbons (Fsp3) is 0.667. The summed E-state index contributed by atoms with van der Waals surface area (Å²) < 4.78 is 39.5. The van der Waals surface area contributed by atoms with Crippen molar-refractivity contribution in [2.75, 3.05) is 13.6 Å². The SMILES string of the molecule is C[N+]1(C2C3CC4CC2CC(O)(C4)C3)CC(c2cccc(C(F)(F)F)c2)NC1=O. The van der Waals surface area contributed by atoms with Crippen molar-refractivity contribution >= 4 is 6.03 Å². The van der Waals surface area contributed by atoms with Gasteiger partial charge in [0.25, 0.3) is 0 Å². The first kappa shape index (κ1) is 18.4. The zero-order valence-electron chi connectivity index (χ0n) is 15.9. The fourth-order valence-electron chi connectivity index (χ4n) is 7.07. The van der Waals surface area contributed by atoms with Crippen molar-refractivity contribution in [3.8, 4) is 0 Å². The van der Waals surface area contributed by atoms with Crippen LogP contribution in [0.4, 0.5) is 18.0 Å². The molecule has 4 atom stereocenters. The van der Waals surface area contributed by atoms with Gasteiger partial charge in [0.15, 0.2) is 0 Å². The second-order valence-electron chi connectivity index (χ2n) is 9.76. The molecule has 1 aliphatic heterocycles. The zero-order chi connectivity index (χ0) is 19.9. The van der Waals surface area contributed by atoms with Gasteiger partial charge in [-0.3, -0.25) is 5.32 Å². The number of likely N-dealkylation sites (N-methyl/N-ethyl adjacent to an activating group) is 1. The highest BCUT2D eigenvalue weighted by Crippen LogP contribution is 2.58. The van der Waals surface area contributed by atoms with Gasteiger partial charge in [0.05, 0.1) is 18.2 Å². The minimum Gasteiger partial charge on any atom is -0.390 e. The van der Waals surface area contributed by atoms with Crippen molar-refractivity contribution in [3.05, 3.63) is 35.4 Å². The van der Waals surface area contributed by atoms with Gasteiger partial charge in [-0.2, -0.15) is 13.2 Å². The first-order chi connectivity index (χ1) is 13.1. The van der Waals surface area contributed by atoms with Crippen LogP contribution in [0.1, 0.15) is 49.3 Å². The van der Waals surface area contributed by atoms with Crippen molar-refractivity contribution in [3.63, 3.8) is 0 Å². The van der Waals surface area contributed by atoms with Crippen LogP contribution in [0.25, 0.3) is 0 Å². The van der Waals surface area contributed by atoms with Gasteiger partial charge in [-0.1, -0.05) is 12.1 Å². The van der Waals surface area contributed by atoms with Crippen LogP contribution in [0.15, 0.2) is 24.3 Å². The predicted octanol–water partition coefficient (Wildman–Crippen LogP) is 3.86. The molecule has 0 radical (unpaired) electrons. The minimum atomic E-state index is -4.40. The molecule has 4 saturated carbocycles. The van der Waals surface area contributed by atoms with Gasteiger partial charge in [0.2, 0.25) is 0 Å². The smallest absolute Gasteiger partial charge is 0.390 e. The molecule has 2 amide bonds. The molecule has 5 aliphatic rings. The standard InChI is InChI=1S/C21H25F3N2O2/c1-26(18-14-5-12-6-15(18)10-20(28,8-12)9-14)11-17(25-19(26)27)13-3-2-4-16(7-13)21(22,23)24/h2-4,7,12,14-15,17-18,28H,5-6,8-11H2,1H3/p+1. The van der Waals surface area contributed by atoms with Gasteiger partial charge in [0.1, 0.15) is 18.6 Å². The van der Waals surface area contributed by atoms with E-state index in [-0.39, 0.29) is 16.6 Å². The van der Waals surface area contributed by atoms with E-state index in [1.54, 1.807) is 6.07 Å². The molecule has 152 valence electrons. The second kappa shape index (κ2) is 5.72. The quantitative estimate of drug-likeness (QED) is 0.748. The number of carbonyl (C=O) groups is 1. The van der Waals surface area contributed by atoms with E-state index in [2.05, 4.69) is 5.32 Å². The fourth-order valence-corrected chi connectivity index (χ4v) is 7.07. The normalized spacial score (nSPS) is 44.8. The Kier molecular flexibility index (Phi) is 3.77. The van der Waals surface area contributed by atoms with Crippen LogP contribution in [0.5, 0.6) is 0 Å². The highest BCUT2D eigenvalue weighted by molar-refractivity contribution is 5.70. The number of benzene rings is 1. The van der Waals surface area contributed by atoms with Crippen LogP contribution in [0, 0.1) is 17.8 Å². The number of alkyl halides is 3. The number of aliphatic hydroxyl groups is 1. The maximum absolute atomic E-state index is 13.1. The molecule has 4 aliphatic carbocycles. The minimum absolute atomic E-state index is 0.105. The Hall–Kier alpha value is -1.60. The van der Waals surface area contributed by atoms with Crippen LogP contribution in [0.2, 0.25) is 0 Å². The lowest BCUT2D eigenvalue weighted by Crippen LogP contribution is -2.68. The lowest BCUT2D eigenvalue weighted by atomic mass is 9.51. The summed E-state index contributed by atoms with van der Waals surface area (Å²) in [6, 6.07) is 4.91. The Labute approximate surface area is 162 Å². The largest absolute Gasteiger partial charge is 0.417 e. The van der Waals surface area contributed by atoms with Gasteiger partial charge in [-0.05, 0) is 55.7 Å². The number of rotatable bonds is 2. The van der Waals surface area contributed by atoms with E-state index in [0.717, 1.165) is 44.2 Å². The molecule has 2 N–H and O–H groups in total. The van der Waals surface area contributed by atoms with Crippen LogP contribution in [-0.2, 0) is 6.18 Å². The summed E-state index contributed by atoms with van der Waals surface area (Å²) in [6.45, 7) is 0.459. The van der Waals surface area contributed by atoms with Crippen LogP contribution >= 0.6 is 0 Å². The topological polar surface area (TPSA) is 49.3 Å². The number of hydrogen-bond donors (Lipinski definition) is 2. The molecule has 4 nitrogen and oxygen atoms in total. The highest BCUT2D eigenvalue weighted by Gasteiger charge is 2.63. The molecule has 0 aromatic heterocycles. The molecule has 7 heteroatoms. The number of carbonyl (C=O) groups excluding carboxylic acids is 1. The number of nitrogens with one attached hydrogen (secondary N) is 1. The molecule has 1 aromatic rings. The van der Waals surface area contributed by atoms with Gasteiger partial charge in [-0.25, -0.2) is 9.28 Å². The summed E-state index contributed by atoms with van der Waals surface area (Å²) in [5.41, 5.74) is -0.743. The van der Waals surface area contributed by atoms with E-state index in [1.807, 2.05) is 7.05 Å². The lowest BCUT2D eigenvalue weighted by molar-refractivity contribution is -0.861. The number of quaternary nitrogens is 1. The third kappa shape index (κ3) is 2.70. The Morgan fingerprint density at radius 2 is 1.86 bits per heavy atom. The molecule has 1 heterocycles. The summed E-state index contributed by atoms with van der Waals surface area (Å²) in [6.07, 6.45) is 0.0980. The van der Waals surface area contributed by atoms with E-state index in [0.29, 0.717) is 29.9 Å². The number of urea groups is 1. The van der Waals surface area contributed by atoms with Crippen LogP contribution < -0.4 is 5.32 Å². The molecule has 0 spiro atoms. The average Bonchev–Trinajstić information content (AvgIpc) is 2.88. The molecular weight excluding hydrogens is 369 g/mol. The molecule has 4 unspecified atom stereocenters. The van der Waals surface area contributed by atoms with Gasteiger partial charge in [-0.15, -0.1) is 0 Å². The van der Waals surface area contributed by atoms with Gasteiger partial charge >= 0.3 is 12.2 Å². The zero-order valence-corrected chi connectivity index (χ0v) is 15.9. The lowest BCUT2D eigenvalue weighted by Gasteiger charge is -2.59. The third-order valence-electron chi connectivity index (χ3n) is 7.79. The Morgan fingerprint density at radius 3 is 2.46 bits per heavy atom. The molecule has 4 bridgehead atoms. The molecule has 6 rings (SSSR count). The van der Waals surface area contributed by atoms with E-state index in [4.69, 9.17) is 0 Å². The third-order valence-corrected chi connectivity index (χ3v) is 7.79. The van der Waals surface area contributed by atoms with E-state index in [1.165, 1.54) is 6.07 Å². The maximum atomic E-state index is 13.1. The summed E-state index contributed by atoms with van der Waals surface area (Å²) in [5, 5.41) is 13.8. The van der Waals surface area contributed by atoms with Crippen molar-refractivity contribution in [1.29, 1.82) is 0 Å². The number of nitrogens with zero attached hydrogens (tertiary/aromatic N) is 1. The molecule has 5 fully saturated rings. The second-order valence-corrected chi connectivity index (χ2v) is 9.76. The highest BCUT2D eigenvalue weighted by atomic mass is 19.4. The number of halogens is 3. The molecule has 1 saturated heterocycles.